The van der Waals surface area contributed by atoms with Crippen LogP contribution < -0.4 is 5.32 Å². The normalized spacial score (nSPS) is 22.9. The van der Waals surface area contributed by atoms with Crippen LogP contribution in [-0.2, 0) is 17.6 Å². The van der Waals surface area contributed by atoms with Crippen LogP contribution in [-0.4, -0.2) is 34.6 Å². The van der Waals surface area contributed by atoms with Gasteiger partial charge in [-0.2, -0.15) is 11.8 Å². The number of hydrogen-bond donors (Lipinski definition) is 1. The molecule has 1 aliphatic heterocycles. The third-order valence-corrected chi connectivity index (χ3v) is 4.64. The molecule has 2 aliphatic rings. The number of aromatic nitrogens is 2. The van der Waals surface area contributed by atoms with E-state index in [2.05, 4.69) is 12.2 Å². The number of aryl methyl sites for hydroxylation is 1. The van der Waals surface area contributed by atoms with Crippen molar-refractivity contribution in [2.24, 2.45) is 0 Å². The lowest BCUT2D eigenvalue weighted by atomic mass is 9.96. The summed E-state index contributed by atoms with van der Waals surface area (Å²) >= 11 is 1.93. The van der Waals surface area contributed by atoms with Gasteiger partial charge in [0.25, 0.3) is 0 Å². The highest BCUT2D eigenvalue weighted by Crippen LogP contribution is 2.30. The van der Waals surface area contributed by atoms with Crippen LogP contribution in [0.15, 0.2) is 0 Å². The van der Waals surface area contributed by atoms with Crippen LogP contribution in [0.2, 0.25) is 0 Å². The van der Waals surface area contributed by atoms with Crippen molar-refractivity contribution in [2.75, 3.05) is 30.0 Å². The van der Waals surface area contributed by atoms with E-state index in [4.69, 9.17) is 14.7 Å². The van der Waals surface area contributed by atoms with Crippen LogP contribution in [0.1, 0.15) is 43.0 Å². The fourth-order valence-electron chi connectivity index (χ4n) is 2.71. The number of thioether (sulfide) groups is 1. The Bertz CT molecular complexity index is 447. The summed E-state index contributed by atoms with van der Waals surface area (Å²) in [6.45, 7) is 3.83. The summed E-state index contributed by atoms with van der Waals surface area (Å²) in [6, 6.07) is 0. The van der Waals surface area contributed by atoms with Crippen LogP contribution in [0.3, 0.4) is 0 Å². The lowest BCUT2D eigenvalue weighted by Crippen LogP contribution is -2.21. The minimum atomic E-state index is 0.0726. The Morgan fingerprint density at radius 3 is 3.00 bits per heavy atom. The lowest BCUT2D eigenvalue weighted by molar-refractivity contribution is 0.0693. The molecule has 4 nitrogen and oxygen atoms in total. The van der Waals surface area contributed by atoms with Gasteiger partial charge < -0.3 is 10.1 Å². The Morgan fingerprint density at radius 2 is 2.21 bits per heavy atom. The first-order chi connectivity index (χ1) is 9.38. The molecule has 1 atom stereocenters. The van der Waals surface area contributed by atoms with Crippen molar-refractivity contribution in [3.8, 4) is 0 Å². The van der Waals surface area contributed by atoms with E-state index < -0.39 is 0 Å². The summed E-state index contributed by atoms with van der Waals surface area (Å²) in [5.74, 6) is 3.98. The van der Waals surface area contributed by atoms with Crippen molar-refractivity contribution in [2.45, 2.75) is 38.7 Å². The lowest BCUT2D eigenvalue weighted by Gasteiger charge is -2.24. The van der Waals surface area contributed by atoms with Gasteiger partial charge in [-0.25, -0.2) is 9.97 Å². The molecule has 1 aliphatic carbocycles. The molecular formula is C14H21N3OS. The molecule has 1 N–H and O–H groups in total. The molecule has 3 rings (SSSR count). The Labute approximate surface area is 118 Å². The van der Waals surface area contributed by atoms with Gasteiger partial charge in [0.1, 0.15) is 11.9 Å². The molecule has 0 spiro atoms. The van der Waals surface area contributed by atoms with Gasteiger partial charge in [0.15, 0.2) is 5.82 Å². The maximum atomic E-state index is 5.81. The standard InChI is InChI=1S/C14H21N3OS/c1-2-15-13-10-5-3-4-6-11(10)16-14(17-13)12-9-19-8-7-18-12/h12H,2-9H2,1H3,(H,15,16,17). The van der Waals surface area contributed by atoms with Crippen LogP contribution in [0.25, 0.3) is 0 Å². The highest BCUT2D eigenvalue weighted by molar-refractivity contribution is 7.99. The largest absolute Gasteiger partial charge is 0.370 e. The maximum absolute atomic E-state index is 5.81. The number of nitrogens with zero attached hydrogens (tertiary/aromatic N) is 2. The molecule has 0 amide bonds. The Kier molecular flexibility index (Phi) is 4.23. The average Bonchev–Trinajstić information content (AvgIpc) is 2.48. The first-order valence-electron chi connectivity index (χ1n) is 7.21. The summed E-state index contributed by atoms with van der Waals surface area (Å²) in [6.07, 6.45) is 4.77. The molecule has 0 radical (unpaired) electrons. The van der Waals surface area contributed by atoms with Crippen molar-refractivity contribution in [3.05, 3.63) is 17.1 Å². The van der Waals surface area contributed by atoms with Crippen LogP contribution in [0, 0.1) is 0 Å². The van der Waals surface area contributed by atoms with E-state index in [1.54, 1.807) is 0 Å². The number of hydrogen-bond acceptors (Lipinski definition) is 5. The van der Waals surface area contributed by atoms with Crippen LogP contribution in [0.4, 0.5) is 5.82 Å². The fourth-order valence-corrected chi connectivity index (χ4v) is 3.55. The molecule has 1 fully saturated rings. The quantitative estimate of drug-likeness (QED) is 0.921. The van der Waals surface area contributed by atoms with Gasteiger partial charge >= 0.3 is 0 Å². The zero-order valence-electron chi connectivity index (χ0n) is 11.4. The fraction of sp³-hybridized carbons (Fsp3) is 0.714. The first-order valence-corrected chi connectivity index (χ1v) is 8.37. The van der Waals surface area contributed by atoms with Crippen LogP contribution in [0.5, 0.6) is 0 Å². The van der Waals surface area contributed by atoms with E-state index >= 15 is 0 Å². The second kappa shape index (κ2) is 6.09. The molecule has 1 saturated heterocycles. The minimum absolute atomic E-state index is 0.0726. The van der Waals surface area contributed by atoms with Gasteiger partial charge in [-0.3, -0.25) is 0 Å². The van der Waals surface area contributed by atoms with Gasteiger partial charge in [0.2, 0.25) is 0 Å². The average molecular weight is 279 g/mol. The molecular weight excluding hydrogens is 258 g/mol. The molecule has 19 heavy (non-hydrogen) atoms. The maximum Gasteiger partial charge on any atom is 0.160 e. The topological polar surface area (TPSA) is 47.0 Å². The van der Waals surface area contributed by atoms with E-state index in [1.165, 1.54) is 24.1 Å². The zero-order chi connectivity index (χ0) is 13.1. The monoisotopic (exact) mass is 279 g/mol. The molecule has 0 aromatic carbocycles. The Balaban J connectivity index is 1.93. The molecule has 5 heteroatoms. The van der Waals surface area contributed by atoms with Gasteiger partial charge in [-0.05, 0) is 32.6 Å². The molecule has 1 unspecified atom stereocenters. The number of ether oxygens (including phenoxy) is 1. The van der Waals surface area contributed by atoms with E-state index in [9.17, 15) is 0 Å². The SMILES string of the molecule is CCNc1nc(C2CSCCO2)nc2c1CCCC2. The summed E-state index contributed by atoms with van der Waals surface area (Å²) in [5.41, 5.74) is 2.58. The van der Waals surface area contributed by atoms with E-state index in [1.807, 2.05) is 11.8 Å². The number of fused-ring (bicyclic) bond motifs is 1. The van der Waals surface area contributed by atoms with Gasteiger partial charge in [-0.1, -0.05) is 0 Å². The Morgan fingerprint density at radius 1 is 1.32 bits per heavy atom. The molecule has 0 saturated carbocycles. The molecule has 0 bridgehead atoms. The second-order valence-electron chi connectivity index (χ2n) is 5.03. The molecule has 1 aromatic heterocycles. The summed E-state index contributed by atoms with van der Waals surface area (Å²) in [7, 11) is 0. The third-order valence-electron chi connectivity index (χ3n) is 3.65. The molecule has 1 aromatic rings. The van der Waals surface area contributed by atoms with E-state index in [0.29, 0.717) is 0 Å². The van der Waals surface area contributed by atoms with Crippen molar-refractivity contribution in [3.63, 3.8) is 0 Å². The second-order valence-corrected chi connectivity index (χ2v) is 6.18. The van der Waals surface area contributed by atoms with Crippen molar-refractivity contribution < 1.29 is 4.74 Å². The van der Waals surface area contributed by atoms with Crippen molar-refractivity contribution in [1.82, 2.24) is 9.97 Å². The number of rotatable bonds is 3. The smallest absolute Gasteiger partial charge is 0.160 e. The van der Waals surface area contributed by atoms with Crippen LogP contribution >= 0.6 is 11.8 Å². The van der Waals surface area contributed by atoms with E-state index in [0.717, 1.165) is 49.1 Å². The highest BCUT2D eigenvalue weighted by atomic mass is 32.2. The zero-order valence-corrected chi connectivity index (χ0v) is 12.3. The summed E-state index contributed by atoms with van der Waals surface area (Å²) in [4.78, 5) is 9.53. The minimum Gasteiger partial charge on any atom is -0.370 e. The predicted molar refractivity (Wildman–Crippen MR) is 78.9 cm³/mol. The Hall–Kier alpha value is -0.810. The molecule has 2 heterocycles. The predicted octanol–water partition coefficient (Wildman–Crippen LogP) is 2.59. The number of nitrogens with one attached hydrogen (secondary N) is 1. The van der Waals surface area contributed by atoms with E-state index in [-0.39, 0.29) is 6.10 Å². The van der Waals surface area contributed by atoms with Gasteiger partial charge in [0.05, 0.1) is 6.61 Å². The molecule has 104 valence electrons. The highest BCUT2D eigenvalue weighted by Gasteiger charge is 2.24. The summed E-state index contributed by atoms with van der Waals surface area (Å²) < 4.78 is 5.81. The van der Waals surface area contributed by atoms with Gasteiger partial charge in [-0.15, -0.1) is 0 Å². The summed E-state index contributed by atoms with van der Waals surface area (Å²) in [5, 5.41) is 3.40. The van der Waals surface area contributed by atoms with Crippen molar-refractivity contribution >= 4 is 17.6 Å². The first kappa shape index (κ1) is 13.2. The van der Waals surface area contributed by atoms with Crippen molar-refractivity contribution in [1.29, 1.82) is 0 Å². The van der Waals surface area contributed by atoms with Gasteiger partial charge in [0, 0.05) is 29.3 Å². The third kappa shape index (κ3) is 2.87. The number of anilines is 1.